The molecule has 0 aliphatic rings. The van der Waals surface area contributed by atoms with E-state index < -0.39 is 0 Å². The highest BCUT2D eigenvalue weighted by Gasteiger charge is 2.12. The first-order valence-corrected chi connectivity index (χ1v) is 7.09. The summed E-state index contributed by atoms with van der Waals surface area (Å²) in [6, 6.07) is 1.85. The minimum atomic E-state index is -0.0829. The van der Waals surface area contributed by atoms with Gasteiger partial charge in [0.05, 0.1) is 22.4 Å². The van der Waals surface area contributed by atoms with Gasteiger partial charge in [0.25, 0.3) is 5.91 Å². The molecule has 19 heavy (non-hydrogen) atoms. The second-order valence-electron chi connectivity index (χ2n) is 4.10. The third-order valence-electron chi connectivity index (χ3n) is 2.45. The molecule has 104 valence electrons. The molecule has 3 N–H and O–H groups in total. The molecule has 1 aromatic rings. The van der Waals surface area contributed by atoms with Crippen molar-refractivity contribution in [1.82, 2.24) is 5.32 Å². The van der Waals surface area contributed by atoms with Gasteiger partial charge in [0.2, 0.25) is 0 Å². The van der Waals surface area contributed by atoms with Gasteiger partial charge in [-0.05, 0) is 32.4 Å². The van der Waals surface area contributed by atoms with Gasteiger partial charge in [0.1, 0.15) is 0 Å². The number of nitrogens with two attached hydrogens (primary N) is 1. The molecule has 0 radical (unpaired) electrons. The minimum absolute atomic E-state index is 0.0199. The van der Waals surface area contributed by atoms with Gasteiger partial charge in [-0.3, -0.25) is 4.79 Å². The molecule has 0 saturated carbocycles. The summed E-state index contributed by atoms with van der Waals surface area (Å²) in [5.74, 6) is 5.69. The smallest absolute Gasteiger partial charge is 0.261 e. The van der Waals surface area contributed by atoms with E-state index >= 15 is 0 Å². The highest BCUT2D eigenvalue weighted by atomic mass is 32.1. The predicted molar refractivity (Wildman–Crippen MR) is 78.4 cm³/mol. The van der Waals surface area contributed by atoms with Crippen molar-refractivity contribution in [2.45, 2.75) is 26.9 Å². The van der Waals surface area contributed by atoms with Crippen molar-refractivity contribution in [3.05, 3.63) is 21.4 Å². The van der Waals surface area contributed by atoms with Crippen molar-refractivity contribution in [3.63, 3.8) is 0 Å². The summed E-state index contributed by atoms with van der Waals surface area (Å²) >= 11 is 1.39. The quantitative estimate of drug-likeness (QED) is 0.804. The summed E-state index contributed by atoms with van der Waals surface area (Å²) in [6.07, 6.45) is 0.0199. The van der Waals surface area contributed by atoms with E-state index in [1.165, 1.54) is 11.3 Å². The fourth-order valence-electron chi connectivity index (χ4n) is 1.52. The Morgan fingerprint density at radius 2 is 2.37 bits per heavy atom. The lowest BCUT2D eigenvalue weighted by Crippen LogP contribution is -2.31. The monoisotopic (exact) mass is 280 g/mol. The summed E-state index contributed by atoms with van der Waals surface area (Å²) < 4.78 is 5.36. The summed E-state index contributed by atoms with van der Waals surface area (Å²) in [5.41, 5.74) is 6.35. The van der Waals surface area contributed by atoms with Crippen molar-refractivity contribution in [3.8, 4) is 11.8 Å². The van der Waals surface area contributed by atoms with E-state index in [9.17, 15) is 4.79 Å². The van der Waals surface area contributed by atoms with Crippen molar-refractivity contribution in [2.24, 2.45) is 5.73 Å². The van der Waals surface area contributed by atoms with Crippen LogP contribution in [0, 0.1) is 18.8 Å². The molecule has 1 aromatic heterocycles. The predicted octanol–water partition coefficient (Wildman–Crippen LogP) is 1.52. The summed E-state index contributed by atoms with van der Waals surface area (Å²) in [5, 5.41) is 2.85. The number of carbonyl (C=O) groups excluding carboxylic acids is 1. The van der Waals surface area contributed by atoms with E-state index in [-0.39, 0.29) is 12.0 Å². The number of nitrogens with one attached hydrogen (secondary N) is 1. The molecule has 0 aromatic carbocycles. The van der Waals surface area contributed by atoms with E-state index in [2.05, 4.69) is 17.2 Å². The minimum Gasteiger partial charge on any atom is -0.377 e. The molecule has 0 spiro atoms. The fourth-order valence-corrected chi connectivity index (χ4v) is 2.48. The number of amides is 1. The maximum Gasteiger partial charge on any atom is 0.261 e. The standard InChI is InChI=1S/C14H20N2O2S/c1-4-18-11(3)9-16-14(17)13-8-10(2)12(19-13)6-5-7-15/h8,11H,4,7,9,15H2,1-3H3,(H,16,17). The highest BCUT2D eigenvalue weighted by Crippen LogP contribution is 2.20. The van der Waals surface area contributed by atoms with Crippen LogP contribution in [0.25, 0.3) is 0 Å². The number of rotatable bonds is 5. The zero-order chi connectivity index (χ0) is 14.3. The lowest BCUT2D eigenvalue weighted by Gasteiger charge is -2.11. The molecule has 5 heteroatoms. The number of hydrogen-bond acceptors (Lipinski definition) is 4. The Morgan fingerprint density at radius 1 is 1.63 bits per heavy atom. The summed E-state index contributed by atoms with van der Waals surface area (Å²) in [6.45, 7) is 7.29. The largest absolute Gasteiger partial charge is 0.377 e. The Hall–Kier alpha value is -1.35. The molecule has 0 bridgehead atoms. The second-order valence-corrected chi connectivity index (χ2v) is 5.16. The first-order valence-electron chi connectivity index (χ1n) is 6.27. The zero-order valence-electron chi connectivity index (χ0n) is 11.6. The van der Waals surface area contributed by atoms with Crippen LogP contribution in [0.2, 0.25) is 0 Å². The highest BCUT2D eigenvalue weighted by molar-refractivity contribution is 7.14. The molecule has 1 atom stereocenters. The number of hydrogen-bond donors (Lipinski definition) is 2. The number of thiophene rings is 1. The fraction of sp³-hybridized carbons (Fsp3) is 0.500. The third kappa shape index (κ3) is 5.03. The van der Waals surface area contributed by atoms with Crippen molar-refractivity contribution in [2.75, 3.05) is 19.7 Å². The van der Waals surface area contributed by atoms with E-state index in [1.54, 1.807) is 0 Å². The van der Waals surface area contributed by atoms with Crippen molar-refractivity contribution >= 4 is 17.2 Å². The first kappa shape index (κ1) is 15.7. The molecular weight excluding hydrogens is 260 g/mol. The Morgan fingerprint density at radius 3 is 3.00 bits per heavy atom. The topological polar surface area (TPSA) is 64.3 Å². The lowest BCUT2D eigenvalue weighted by molar-refractivity contribution is 0.0696. The second kappa shape index (κ2) is 7.95. The van der Waals surface area contributed by atoms with E-state index in [1.807, 2.05) is 26.8 Å². The van der Waals surface area contributed by atoms with Crippen LogP contribution in [0.3, 0.4) is 0 Å². The Labute approximate surface area is 118 Å². The SMILES string of the molecule is CCOC(C)CNC(=O)c1cc(C)c(C#CCN)s1. The molecule has 4 nitrogen and oxygen atoms in total. The normalized spacial score (nSPS) is 11.6. The number of carbonyl (C=O) groups is 1. The van der Waals surface area contributed by atoms with Crippen LogP contribution < -0.4 is 11.1 Å². The zero-order valence-corrected chi connectivity index (χ0v) is 12.4. The summed E-state index contributed by atoms with van der Waals surface area (Å²) in [7, 11) is 0. The number of ether oxygens (including phenoxy) is 1. The molecule has 1 rings (SSSR count). The molecule has 0 fully saturated rings. The first-order chi connectivity index (χ1) is 9.08. The van der Waals surface area contributed by atoms with E-state index in [0.29, 0.717) is 24.6 Å². The Balaban J connectivity index is 2.62. The molecule has 0 aliphatic carbocycles. The van der Waals surface area contributed by atoms with Gasteiger partial charge in [-0.15, -0.1) is 11.3 Å². The maximum atomic E-state index is 12.0. The van der Waals surface area contributed by atoms with Gasteiger partial charge in [-0.2, -0.15) is 0 Å². The number of aryl methyl sites for hydroxylation is 1. The van der Waals surface area contributed by atoms with Crippen LogP contribution in [0.4, 0.5) is 0 Å². The Bertz CT molecular complexity index is 485. The van der Waals surface area contributed by atoms with Crippen LogP contribution in [-0.2, 0) is 4.74 Å². The average Bonchev–Trinajstić information content (AvgIpc) is 2.75. The molecule has 0 aliphatic heterocycles. The van der Waals surface area contributed by atoms with E-state index in [4.69, 9.17) is 10.5 Å². The third-order valence-corrected chi connectivity index (χ3v) is 3.60. The van der Waals surface area contributed by atoms with Gasteiger partial charge >= 0.3 is 0 Å². The molecule has 1 amide bonds. The lowest BCUT2D eigenvalue weighted by atomic mass is 10.2. The molecular formula is C14H20N2O2S. The van der Waals surface area contributed by atoms with E-state index in [0.717, 1.165) is 10.4 Å². The molecule has 0 saturated heterocycles. The van der Waals surface area contributed by atoms with Crippen LogP contribution in [0.1, 0.15) is 34.0 Å². The Kier molecular flexibility index (Phi) is 6.57. The van der Waals surface area contributed by atoms with Gasteiger partial charge < -0.3 is 15.8 Å². The molecule has 1 unspecified atom stereocenters. The van der Waals surface area contributed by atoms with Crippen LogP contribution in [0.15, 0.2) is 6.07 Å². The maximum absolute atomic E-state index is 12.0. The van der Waals surface area contributed by atoms with Crippen LogP contribution in [0.5, 0.6) is 0 Å². The van der Waals surface area contributed by atoms with Gasteiger partial charge in [0, 0.05) is 13.2 Å². The van der Waals surface area contributed by atoms with Crippen molar-refractivity contribution < 1.29 is 9.53 Å². The van der Waals surface area contributed by atoms with Gasteiger partial charge in [0.15, 0.2) is 0 Å². The van der Waals surface area contributed by atoms with Gasteiger partial charge in [-0.1, -0.05) is 11.8 Å². The van der Waals surface area contributed by atoms with Crippen LogP contribution >= 0.6 is 11.3 Å². The summed E-state index contributed by atoms with van der Waals surface area (Å²) in [4.78, 5) is 13.5. The molecule has 1 heterocycles. The van der Waals surface area contributed by atoms with Crippen molar-refractivity contribution in [1.29, 1.82) is 0 Å². The van der Waals surface area contributed by atoms with Crippen LogP contribution in [-0.4, -0.2) is 31.7 Å². The average molecular weight is 280 g/mol. The van der Waals surface area contributed by atoms with Gasteiger partial charge in [-0.25, -0.2) is 0 Å².